The second-order valence-corrected chi connectivity index (χ2v) is 5.22. The highest BCUT2D eigenvalue weighted by Gasteiger charge is 2.14. The Morgan fingerprint density at radius 1 is 1.45 bits per heavy atom. The maximum atomic E-state index is 11.8. The summed E-state index contributed by atoms with van der Waals surface area (Å²) in [6.45, 7) is 2.70. The highest BCUT2D eigenvalue weighted by molar-refractivity contribution is 5.75. The molecular weight excluding hydrogens is 254 g/mol. The summed E-state index contributed by atoms with van der Waals surface area (Å²) in [7, 11) is 1.59. The van der Waals surface area contributed by atoms with Crippen LogP contribution in [0, 0.1) is 5.92 Å². The van der Waals surface area contributed by atoms with Crippen LogP contribution in [0.4, 0.5) is 0 Å². The summed E-state index contributed by atoms with van der Waals surface area (Å²) in [6, 6.07) is 3.72. The third kappa shape index (κ3) is 4.81. The number of aromatic nitrogens is 1. The molecule has 1 fully saturated rings. The van der Waals surface area contributed by atoms with Gasteiger partial charge in [-0.25, -0.2) is 4.98 Å². The van der Waals surface area contributed by atoms with E-state index in [0.29, 0.717) is 24.8 Å². The quantitative estimate of drug-likeness (QED) is 0.827. The number of amides is 1. The fraction of sp³-hybridized carbons (Fsp3) is 0.600. The minimum Gasteiger partial charge on any atom is -0.481 e. The van der Waals surface area contributed by atoms with Gasteiger partial charge in [-0.3, -0.25) is 4.79 Å². The summed E-state index contributed by atoms with van der Waals surface area (Å²) in [5.74, 6) is 1.41. The number of rotatable bonds is 6. The van der Waals surface area contributed by atoms with Crippen LogP contribution in [0.1, 0.15) is 31.2 Å². The van der Waals surface area contributed by atoms with Crippen LogP contribution in [0.5, 0.6) is 5.88 Å². The molecule has 0 aromatic carbocycles. The first kappa shape index (κ1) is 14.8. The van der Waals surface area contributed by atoms with Gasteiger partial charge in [0.1, 0.15) is 0 Å². The molecule has 0 atom stereocenters. The fourth-order valence-corrected chi connectivity index (χ4v) is 2.43. The standard InChI is InChI=1S/C15H23N3O2/c1-20-15-5-3-13(11-18-15)10-17-14(19)4-2-12-6-8-16-9-7-12/h3,5,11-12,16H,2,4,6-10H2,1H3,(H,17,19). The van der Waals surface area contributed by atoms with E-state index in [4.69, 9.17) is 4.74 Å². The van der Waals surface area contributed by atoms with E-state index in [1.54, 1.807) is 19.4 Å². The van der Waals surface area contributed by atoms with E-state index in [2.05, 4.69) is 15.6 Å². The molecule has 5 nitrogen and oxygen atoms in total. The minimum absolute atomic E-state index is 0.124. The first-order valence-electron chi connectivity index (χ1n) is 7.24. The zero-order valence-electron chi connectivity index (χ0n) is 12.0. The van der Waals surface area contributed by atoms with Gasteiger partial charge >= 0.3 is 0 Å². The van der Waals surface area contributed by atoms with Crippen molar-refractivity contribution in [3.63, 3.8) is 0 Å². The van der Waals surface area contributed by atoms with Gasteiger partial charge < -0.3 is 15.4 Å². The Hall–Kier alpha value is -1.62. The smallest absolute Gasteiger partial charge is 0.220 e. The van der Waals surface area contributed by atoms with Gasteiger partial charge in [-0.1, -0.05) is 6.07 Å². The van der Waals surface area contributed by atoms with Crippen LogP contribution in [0.25, 0.3) is 0 Å². The monoisotopic (exact) mass is 277 g/mol. The summed E-state index contributed by atoms with van der Waals surface area (Å²) >= 11 is 0. The van der Waals surface area contributed by atoms with E-state index in [-0.39, 0.29) is 5.91 Å². The van der Waals surface area contributed by atoms with Crippen molar-refractivity contribution in [3.8, 4) is 5.88 Å². The molecule has 0 bridgehead atoms. The Kier molecular flexibility index (Phi) is 5.80. The molecule has 5 heteroatoms. The van der Waals surface area contributed by atoms with Gasteiger partial charge in [0.05, 0.1) is 7.11 Å². The third-order valence-corrected chi connectivity index (χ3v) is 3.73. The fourth-order valence-electron chi connectivity index (χ4n) is 2.43. The Balaban J connectivity index is 1.66. The van der Waals surface area contributed by atoms with Crippen LogP contribution in [0.3, 0.4) is 0 Å². The Morgan fingerprint density at radius 3 is 2.90 bits per heavy atom. The highest BCUT2D eigenvalue weighted by atomic mass is 16.5. The Bertz CT molecular complexity index is 414. The summed E-state index contributed by atoms with van der Waals surface area (Å²) in [6.07, 6.45) is 5.72. The third-order valence-electron chi connectivity index (χ3n) is 3.73. The van der Waals surface area contributed by atoms with E-state index in [1.165, 1.54) is 12.8 Å². The highest BCUT2D eigenvalue weighted by Crippen LogP contribution is 2.17. The summed E-state index contributed by atoms with van der Waals surface area (Å²) in [4.78, 5) is 15.9. The molecule has 0 aliphatic carbocycles. The van der Waals surface area contributed by atoms with Gasteiger partial charge in [-0.05, 0) is 43.8 Å². The molecule has 2 N–H and O–H groups in total. The van der Waals surface area contributed by atoms with E-state index in [0.717, 1.165) is 25.1 Å². The van der Waals surface area contributed by atoms with Crippen molar-refractivity contribution >= 4 is 5.91 Å². The number of hydrogen-bond donors (Lipinski definition) is 2. The van der Waals surface area contributed by atoms with Crippen LogP contribution in [-0.2, 0) is 11.3 Å². The lowest BCUT2D eigenvalue weighted by molar-refractivity contribution is -0.121. The molecule has 1 aromatic rings. The number of ether oxygens (including phenoxy) is 1. The van der Waals surface area contributed by atoms with Crippen molar-refractivity contribution in [1.82, 2.24) is 15.6 Å². The van der Waals surface area contributed by atoms with Crippen LogP contribution < -0.4 is 15.4 Å². The summed E-state index contributed by atoms with van der Waals surface area (Å²) in [5, 5.41) is 6.28. The Labute approximate surface area is 120 Å². The molecule has 0 saturated carbocycles. The molecule has 20 heavy (non-hydrogen) atoms. The summed E-state index contributed by atoms with van der Waals surface area (Å²) in [5.41, 5.74) is 0.987. The van der Waals surface area contributed by atoms with Crippen LogP contribution in [0.2, 0.25) is 0 Å². The molecule has 1 aromatic heterocycles. The van der Waals surface area contributed by atoms with Crippen molar-refractivity contribution in [1.29, 1.82) is 0 Å². The predicted octanol–water partition coefficient (Wildman–Crippen LogP) is 1.49. The van der Waals surface area contributed by atoms with Gasteiger partial charge in [0.15, 0.2) is 0 Å². The molecule has 110 valence electrons. The number of nitrogens with one attached hydrogen (secondary N) is 2. The maximum absolute atomic E-state index is 11.8. The first-order chi connectivity index (χ1) is 9.78. The average molecular weight is 277 g/mol. The lowest BCUT2D eigenvalue weighted by Crippen LogP contribution is -2.29. The number of pyridine rings is 1. The first-order valence-corrected chi connectivity index (χ1v) is 7.24. The van der Waals surface area contributed by atoms with Gasteiger partial charge in [0.2, 0.25) is 11.8 Å². The van der Waals surface area contributed by atoms with Crippen molar-refractivity contribution in [2.45, 2.75) is 32.2 Å². The van der Waals surface area contributed by atoms with Crippen molar-refractivity contribution in [2.75, 3.05) is 20.2 Å². The molecule has 0 spiro atoms. The number of hydrogen-bond acceptors (Lipinski definition) is 4. The van der Waals surface area contributed by atoms with Crippen molar-refractivity contribution in [2.24, 2.45) is 5.92 Å². The van der Waals surface area contributed by atoms with E-state index >= 15 is 0 Å². The Morgan fingerprint density at radius 2 is 2.25 bits per heavy atom. The number of carbonyl (C=O) groups is 1. The molecule has 1 aliphatic heterocycles. The van der Waals surface area contributed by atoms with Crippen molar-refractivity contribution < 1.29 is 9.53 Å². The lowest BCUT2D eigenvalue weighted by atomic mass is 9.93. The number of methoxy groups -OCH3 is 1. The second-order valence-electron chi connectivity index (χ2n) is 5.22. The molecule has 1 amide bonds. The zero-order chi connectivity index (χ0) is 14.2. The average Bonchev–Trinajstić information content (AvgIpc) is 2.52. The minimum atomic E-state index is 0.124. The number of piperidine rings is 1. The molecule has 0 unspecified atom stereocenters. The number of carbonyl (C=O) groups excluding carboxylic acids is 1. The second kappa shape index (κ2) is 7.85. The van der Waals surface area contributed by atoms with Crippen molar-refractivity contribution in [3.05, 3.63) is 23.9 Å². The molecule has 0 radical (unpaired) electrons. The van der Waals surface area contributed by atoms with E-state index < -0.39 is 0 Å². The van der Waals surface area contributed by atoms with Gasteiger partial charge in [-0.15, -0.1) is 0 Å². The molecule has 1 aliphatic rings. The zero-order valence-corrected chi connectivity index (χ0v) is 12.0. The molecular formula is C15H23N3O2. The lowest BCUT2D eigenvalue weighted by Gasteiger charge is -2.22. The molecule has 1 saturated heterocycles. The summed E-state index contributed by atoms with van der Waals surface area (Å²) < 4.78 is 5.00. The van der Waals surface area contributed by atoms with Crippen LogP contribution in [-0.4, -0.2) is 31.1 Å². The largest absolute Gasteiger partial charge is 0.481 e. The van der Waals surface area contributed by atoms with Gasteiger partial charge in [-0.2, -0.15) is 0 Å². The SMILES string of the molecule is COc1ccc(CNC(=O)CCC2CCNCC2)cn1. The number of nitrogens with zero attached hydrogens (tertiary/aromatic N) is 1. The van der Waals surface area contributed by atoms with Crippen LogP contribution >= 0.6 is 0 Å². The molecule has 2 rings (SSSR count). The normalized spacial score (nSPS) is 15.8. The van der Waals surface area contributed by atoms with E-state index in [9.17, 15) is 4.79 Å². The predicted molar refractivity (Wildman–Crippen MR) is 77.5 cm³/mol. The maximum Gasteiger partial charge on any atom is 0.220 e. The molecule has 2 heterocycles. The van der Waals surface area contributed by atoms with E-state index in [1.807, 2.05) is 6.07 Å². The van der Waals surface area contributed by atoms with Crippen LogP contribution in [0.15, 0.2) is 18.3 Å². The van der Waals surface area contributed by atoms with Gasteiger partial charge in [0, 0.05) is 25.2 Å². The topological polar surface area (TPSA) is 63.2 Å². The van der Waals surface area contributed by atoms with Gasteiger partial charge in [0.25, 0.3) is 0 Å².